The second kappa shape index (κ2) is 6.86. The van der Waals surface area contributed by atoms with Crippen LogP contribution in [0.3, 0.4) is 0 Å². The summed E-state index contributed by atoms with van der Waals surface area (Å²) in [5.74, 6) is 0.239. The number of amides is 1. The Morgan fingerprint density at radius 2 is 2.17 bits per heavy atom. The molecule has 1 N–H and O–H groups in total. The van der Waals surface area contributed by atoms with E-state index >= 15 is 0 Å². The van der Waals surface area contributed by atoms with Crippen molar-refractivity contribution in [2.45, 2.75) is 19.8 Å². The van der Waals surface area contributed by atoms with E-state index in [0.29, 0.717) is 0 Å². The van der Waals surface area contributed by atoms with Gasteiger partial charge in [0.2, 0.25) is 0 Å². The molecule has 102 valence electrons. The number of thiophene rings is 1. The SMILES string of the molecule is Cc1cc2c(s1)CCCN(CC[NH+](C)C)C2=O.[I-]. The smallest absolute Gasteiger partial charge is 0.255 e. The number of hydrogen-bond donors (Lipinski definition) is 1. The number of quaternary nitrogens is 1. The van der Waals surface area contributed by atoms with Gasteiger partial charge in [0.25, 0.3) is 5.91 Å². The van der Waals surface area contributed by atoms with E-state index in [4.69, 9.17) is 0 Å². The van der Waals surface area contributed by atoms with Crippen molar-refractivity contribution in [2.24, 2.45) is 0 Å². The highest BCUT2D eigenvalue weighted by Crippen LogP contribution is 2.26. The zero-order valence-electron chi connectivity index (χ0n) is 11.3. The second-order valence-electron chi connectivity index (χ2n) is 5.05. The maximum atomic E-state index is 12.4. The van der Waals surface area contributed by atoms with Gasteiger partial charge in [-0.2, -0.15) is 0 Å². The molecule has 2 rings (SSSR count). The fourth-order valence-corrected chi connectivity index (χ4v) is 3.27. The van der Waals surface area contributed by atoms with Crippen molar-refractivity contribution >= 4 is 17.2 Å². The lowest BCUT2D eigenvalue weighted by molar-refractivity contribution is -0.857. The number of halogens is 1. The average molecular weight is 380 g/mol. The number of rotatable bonds is 3. The summed E-state index contributed by atoms with van der Waals surface area (Å²) in [6, 6.07) is 2.06. The number of fused-ring (bicyclic) bond motifs is 1. The molecule has 5 heteroatoms. The fraction of sp³-hybridized carbons (Fsp3) is 0.615. The Morgan fingerprint density at radius 3 is 2.83 bits per heavy atom. The first kappa shape index (κ1) is 15.9. The van der Waals surface area contributed by atoms with E-state index in [9.17, 15) is 4.79 Å². The summed E-state index contributed by atoms with van der Waals surface area (Å²) < 4.78 is 0. The van der Waals surface area contributed by atoms with Crippen molar-refractivity contribution in [1.29, 1.82) is 0 Å². The van der Waals surface area contributed by atoms with Crippen LogP contribution in [0.4, 0.5) is 0 Å². The number of nitrogens with zero attached hydrogens (tertiary/aromatic N) is 1. The maximum Gasteiger partial charge on any atom is 0.255 e. The van der Waals surface area contributed by atoms with Gasteiger partial charge in [-0.25, -0.2) is 0 Å². The van der Waals surface area contributed by atoms with Crippen LogP contribution < -0.4 is 28.9 Å². The zero-order valence-corrected chi connectivity index (χ0v) is 14.2. The minimum absolute atomic E-state index is 0. The van der Waals surface area contributed by atoms with Crippen molar-refractivity contribution in [3.63, 3.8) is 0 Å². The molecule has 0 fully saturated rings. The van der Waals surface area contributed by atoms with Crippen LogP contribution in [0.15, 0.2) is 6.07 Å². The molecule has 0 spiro atoms. The summed E-state index contributed by atoms with van der Waals surface area (Å²) in [5, 5.41) is 0. The van der Waals surface area contributed by atoms with Crippen molar-refractivity contribution in [1.82, 2.24) is 4.90 Å². The molecule has 1 aliphatic rings. The normalized spacial score (nSPS) is 15.3. The predicted octanol–water partition coefficient (Wildman–Crippen LogP) is -2.41. The molecule has 0 unspecified atom stereocenters. The third-order valence-electron chi connectivity index (χ3n) is 3.16. The van der Waals surface area contributed by atoms with Gasteiger partial charge < -0.3 is 33.8 Å². The van der Waals surface area contributed by atoms with Gasteiger partial charge in [0.1, 0.15) is 0 Å². The van der Waals surface area contributed by atoms with Crippen molar-refractivity contribution in [2.75, 3.05) is 33.7 Å². The lowest BCUT2D eigenvalue weighted by Gasteiger charge is -2.21. The first-order valence-electron chi connectivity index (χ1n) is 6.25. The van der Waals surface area contributed by atoms with Gasteiger partial charge in [-0.3, -0.25) is 4.79 Å². The molecule has 2 heterocycles. The average Bonchev–Trinajstić information content (AvgIpc) is 2.57. The Bertz CT molecular complexity index is 417. The van der Waals surface area contributed by atoms with Crippen LogP contribution in [0, 0.1) is 6.92 Å². The van der Waals surface area contributed by atoms with Crippen LogP contribution in [0.25, 0.3) is 0 Å². The number of carbonyl (C=O) groups excluding carboxylic acids is 1. The maximum absolute atomic E-state index is 12.4. The molecule has 0 bridgehead atoms. The summed E-state index contributed by atoms with van der Waals surface area (Å²) >= 11 is 1.78. The number of aryl methyl sites for hydroxylation is 2. The highest BCUT2D eigenvalue weighted by atomic mass is 127. The molecule has 1 amide bonds. The Morgan fingerprint density at radius 1 is 1.44 bits per heavy atom. The van der Waals surface area contributed by atoms with Gasteiger partial charge >= 0.3 is 0 Å². The molecule has 18 heavy (non-hydrogen) atoms. The zero-order chi connectivity index (χ0) is 12.4. The number of hydrogen-bond acceptors (Lipinski definition) is 2. The van der Waals surface area contributed by atoms with Crippen molar-refractivity contribution < 1.29 is 33.7 Å². The number of nitrogens with one attached hydrogen (secondary N) is 1. The number of carbonyl (C=O) groups is 1. The largest absolute Gasteiger partial charge is 1.00 e. The highest BCUT2D eigenvalue weighted by molar-refractivity contribution is 7.12. The molecule has 0 saturated heterocycles. The van der Waals surface area contributed by atoms with E-state index in [-0.39, 0.29) is 29.9 Å². The van der Waals surface area contributed by atoms with Crippen LogP contribution in [-0.2, 0) is 6.42 Å². The lowest BCUT2D eigenvalue weighted by Crippen LogP contribution is -3.06. The van der Waals surface area contributed by atoms with Crippen molar-refractivity contribution in [3.05, 3.63) is 21.4 Å². The Hall–Kier alpha value is -0.140. The van der Waals surface area contributed by atoms with Crippen LogP contribution >= 0.6 is 11.3 Å². The standard InChI is InChI=1S/C13H20N2OS.HI/c1-10-9-11-12(17-10)5-4-6-15(13(11)16)8-7-14(2)3;/h9H,4-8H2,1-3H3;1H. The van der Waals surface area contributed by atoms with E-state index in [1.54, 1.807) is 11.3 Å². The minimum atomic E-state index is 0. The molecule has 0 radical (unpaired) electrons. The Kier molecular flexibility index (Phi) is 6.07. The highest BCUT2D eigenvalue weighted by Gasteiger charge is 2.24. The van der Waals surface area contributed by atoms with E-state index < -0.39 is 0 Å². The topological polar surface area (TPSA) is 24.8 Å². The van der Waals surface area contributed by atoms with Gasteiger partial charge in [-0.15, -0.1) is 11.3 Å². The van der Waals surface area contributed by atoms with Gasteiger partial charge in [0.05, 0.1) is 32.7 Å². The molecule has 1 aliphatic heterocycles. The molecular formula is C13H21IN2OS. The van der Waals surface area contributed by atoms with Gasteiger partial charge in [-0.05, 0) is 25.8 Å². The van der Waals surface area contributed by atoms with E-state index in [1.165, 1.54) is 14.7 Å². The lowest BCUT2D eigenvalue weighted by atomic mass is 10.2. The first-order chi connectivity index (χ1) is 8.08. The predicted molar refractivity (Wildman–Crippen MR) is 71.0 cm³/mol. The summed E-state index contributed by atoms with van der Waals surface area (Å²) in [4.78, 5) is 18.3. The van der Waals surface area contributed by atoms with Crippen molar-refractivity contribution in [3.8, 4) is 0 Å². The van der Waals surface area contributed by atoms with E-state index in [2.05, 4.69) is 27.1 Å². The Labute approximate surface area is 130 Å². The second-order valence-corrected chi connectivity index (χ2v) is 6.39. The minimum Gasteiger partial charge on any atom is -1.00 e. The molecule has 3 nitrogen and oxygen atoms in total. The molecule has 0 saturated carbocycles. The molecule has 0 aliphatic carbocycles. The first-order valence-corrected chi connectivity index (χ1v) is 7.07. The summed E-state index contributed by atoms with van der Waals surface area (Å²) in [7, 11) is 4.25. The third-order valence-corrected chi connectivity index (χ3v) is 4.27. The number of likely N-dealkylation sites (N-methyl/N-ethyl adjacent to an activating group) is 1. The van der Waals surface area contributed by atoms with Crippen LogP contribution in [0.5, 0.6) is 0 Å². The molecule has 1 aromatic rings. The summed E-state index contributed by atoms with van der Waals surface area (Å²) in [6.45, 7) is 4.88. The monoisotopic (exact) mass is 380 g/mol. The van der Waals surface area contributed by atoms with Crippen LogP contribution in [-0.4, -0.2) is 44.5 Å². The van der Waals surface area contributed by atoms with E-state index in [0.717, 1.165) is 38.0 Å². The quantitative estimate of drug-likeness (QED) is 0.581. The Balaban J connectivity index is 0.00000162. The molecule has 0 aromatic carbocycles. The molecular weight excluding hydrogens is 359 g/mol. The van der Waals surface area contributed by atoms with Gasteiger partial charge in [0, 0.05) is 16.3 Å². The van der Waals surface area contributed by atoms with E-state index in [1.807, 2.05) is 4.90 Å². The van der Waals surface area contributed by atoms with Crippen LogP contribution in [0.2, 0.25) is 0 Å². The fourth-order valence-electron chi connectivity index (χ4n) is 2.20. The van der Waals surface area contributed by atoms with Crippen LogP contribution in [0.1, 0.15) is 26.5 Å². The summed E-state index contributed by atoms with van der Waals surface area (Å²) in [6.07, 6.45) is 2.16. The third kappa shape index (κ3) is 3.68. The van der Waals surface area contributed by atoms with Gasteiger partial charge in [-0.1, -0.05) is 0 Å². The summed E-state index contributed by atoms with van der Waals surface area (Å²) in [5.41, 5.74) is 0.957. The molecule has 1 aromatic heterocycles. The van der Waals surface area contributed by atoms with Gasteiger partial charge in [0.15, 0.2) is 0 Å². The molecule has 0 atom stereocenters.